The maximum Gasteiger partial charge on any atom is 0.335 e. The highest BCUT2D eigenvalue weighted by Crippen LogP contribution is 2.19. The van der Waals surface area contributed by atoms with Crippen LogP contribution >= 0.6 is 0 Å². The minimum Gasteiger partial charge on any atom is -0.478 e. The van der Waals surface area contributed by atoms with Gasteiger partial charge in [0.25, 0.3) is 0 Å². The van der Waals surface area contributed by atoms with Crippen molar-refractivity contribution in [3.8, 4) is 0 Å². The van der Waals surface area contributed by atoms with Crippen LogP contribution in [0.3, 0.4) is 0 Å². The molecule has 0 atom stereocenters. The summed E-state index contributed by atoms with van der Waals surface area (Å²) in [6.45, 7) is 4.00. The van der Waals surface area contributed by atoms with E-state index in [2.05, 4.69) is 17.2 Å². The van der Waals surface area contributed by atoms with Crippen molar-refractivity contribution in [1.29, 1.82) is 0 Å². The summed E-state index contributed by atoms with van der Waals surface area (Å²) in [6.07, 6.45) is 4.71. The van der Waals surface area contributed by atoms with E-state index in [1.54, 1.807) is 0 Å². The fraction of sp³-hybridized carbons (Fsp3) is 0.533. The fourth-order valence-corrected chi connectivity index (χ4v) is 2.53. The predicted molar refractivity (Wildman–Crippen MR) is 78.0 cm³/mol. The van der Waals surface area contributed by atoms with Gasteiger partial charge in [0, 0.05) is 19.3 Å². The number of carbonyl (C=O) groups excluding carboxylic acids is 1. The van der Waals surface area contributed by atoms with Gasteiger partial charge in [0.1, 0.15) is 0 Å². The Hall–Kier alpha value is -2.11. The highest BCUT2D eigenvalue weighted by molar-refractivity contribution is 5.87. The Kier molecular flexibility index (Phi) is 5.14. The lowest BCUT2D eigenvalue weighted by Crippen LogP contribution is -2.44. The SMILES string of the molecule is CCC1CCN(C(=O)NCc2cc(C(=O)O)ccn2)CC1. The lowest BCUT2D eigenvalue weighted by molar-refractivity contribution is 0.0696. The largest absolute Gasteiger partial charge is 0.478 e. The number of piperidine rings is 1. The lowest BCUT2D eigenvalue weighted by Gasteiger charge is -2.31. The van der Waals surface area contributed by atoms with E-state index in [0.717, 1.165) is 31.8 Å². The fourth-order valence-electron chi connectivity index (χ4n) is 2.53. The second kappa shape index (κ2) is 7.06. The summed E-state index contributed by atoms with van der Waals surface area (Å²) >= 11 is 0. The maximum absolute atomic E-state index is 12.1. The first-order chi connectivity index (χ1) is 10.1. The molecule has 0 aliphatic carbocycles. The van der Waals surface area contributed by atoms with E-state index in [1.807, 2.05) is 4.90 Å². The molecular formula is C15H21N3O3. The van der Waals surface area contributed by atoms with E-state index in [9.17, 15) is 9.59 Å². The molecule has 21 heavy (non-hydrogen) atoms. The molecule has 0 radical (unpaired) electrons. The van der Waals surface area contributed by atoms with Crippen LogP contribution in [0, 0.1) is 5.92 Å². The molecule has 0 aromatic carbocycles. The number of likely N-dealkylation sites (tertiary alicyclic amines) is 1. The van der Waals surface area contributed by atoms with Gasteiger partial charge in [0.05, 0.1) is 17.8 Å². The Morgan fingerprint density at radius 3 is 2.76 bits per heavy atom. The Morgan fingerprint density at radius 1 is 1.43 bits per heavy atom. The molecule has 2 rings (SSSR count). The van der Waals surface area contributed by atoms with Gasteiger partial charge in [0.15, 0.2) is 0 Å². The Balaban J connectivity index is 1.84. The van der Waals surface area contributed by atoms with Gasteiger partial charge in [0.2, 0.25) is 0 Å². The van der Waals surface area contributed by atoms with Gasteiger partial charge in [-0.15, -0.1) is 0 Å². The van der Waals surface area contributed by atoms with Crippen molar-refractivity contribution in [1.82, 2.24) is 15.2 Å². The molecule has 2 N–H and O–H groups in total. The number of hydrogen-bond donors (Lipinski definition) is 2. The van der Waals surface area contributed by atoms with Crippen LogP contribution in [0.5, 0.6) is 0 Å². The predicted octanol–water partition coefficient (Wildman–Crippen LogP) is 2.11. The molecule has 0 spiro atoms. The van der Waals surface area contributed by atoms with Crippen LogP contribution in [-0.4, -0.2) is 40.1 Å². The third-order valence-electron chi connectivity index (χ3n) is 3.96. The van der Waals surface area contributed by atoms with E-state index < -0.39 is 5.97 Å². The van der Waals surface area contributed by atoms with E-state index >= 15 is 0 Å². The Labute approximate surface area is 124 Å². The van der Waals surface area contributed by atoms with Crippen molar-refractivity contribution in [3.63, 3.8) is 0 Å². The number of amides is 2. The van der Waals surface area contributed by atoms with Gasteiger partial charge in [-0.2, -0.15) is 0 Å². The number of carboxylic acids is 1. The van der Waals surface area contributed by atoms with Crippen LogP contribution in [0.25, 0.3) is 0 Å². The number of aromatic nitrogens is 1. The third-order valence-corrected chi connectivity index (χ3v) is 3.96. The van der Waals surface area contributed by atoms with Gasteiger partial charge in [-0.25, -0.2) is 9.59 Å². The standard InChI is InChI=1S/C15H21N3O3/c1-2-11-4-7-18(8-5-11)15(21)17-10-13-9-12(14(19)20)3-6-16-13/h3,6,9,11H,2,4-5,7-8,10H2,1H3,(H,17,21)(H,19,20). The zero-order chi connectivity index (χ0) is 15.2. The first-order valence-corrected chi connectivity index (χ1v) is 7.31. The zero-order valence-electron chi connectivity index (χ0n) is 12.2. The van der Waals surface area contributed by atoms with Crippen molar-refractivity contribution in [2.75, 3.05) is 13.1 Å². The monoisotopic (exact) mass is 291 g/mol. The molecule has 6 heteroatoms. The van der Waals surface area contributed by atoms with Crippen LogP contribution in [0.2, 0.25) is 0 Å². The van der Waals surface area contributed by atoms with Crippen molar-refractivity contribution in [2.24, 2.45) is 5.92 Å². The molecule has 1 aliphatic heterocycles. The minimum atomic E-state index is -0.994. The highest BCUT2D eigenvalue weighted by atomic mass is 16.4. The summed E-state index contributed by atoms with van der Waals surface area (Å²) in [5, 5.41) is 11.7. The van der Waals surface area contributed by atoms with E-state index in [-0.39, 0.29) is 18.1 Å². The van der Waals surface area contributed by atoms with Crippen LogP contribution in [0.4, 0.5) is 4.79 Å². The number of pyridine rings is 1. The summed E-state index contributed by atoms with van der Waals surface area (Å²) in [5.74, 6) is -0.269. The van der Waals surface area contributed by atoms with Crippen LogP contribution < -0.4 is 5.32 Å². The number of nitrogens with one attached hydrogen (secondary N) is 1. The molecule has 6 nitrogen and oxygen atoms in total. The number of nitrogens with zero attached hydrogens (tertiary/aromatic N) is 2. The molecular weight excluding hydrogens is 270 g/mol. The van der Waals surface area contributed by atoms with E-state index in [4.69, 9.17) is 5.11 Å². The molecule has 1 fully saturated rings. The first-order valence-electron chi connectivity index (χ1n) is 7.31. The van der Waals surface area contributed by atoms with Crippen LogP contribution in [0.15, 0.2) is 18.3 Å². The number of carboxylic acid groups (broad SMARTS) is 1. The van der Waals surface area contributed by atoms with Gasteiger partial charge < -0.3 is 15.3 Å². The molecule has 2 heterocycles. The molecule has 0 saturated carbocycles. The summed E-state index contributed by atoms with van der Waals surface area (Å²) in [7, 11) is 0. The molecule has 2 amide bonds. The second-order valence-electron chi connectivity index (χ2n) is 5.34. The molecule has 1 saturated heterocycles. The summed E-state index contributed by atoms with van der Waals surface area (Å²) in [6, 6.07) is 2.81. The Bertz CT molecular complexity index is 511. The average Bonchev–Trinajstić information content (AvgIpc) is 2.53. The number of hydrogen-bond acceptors (Lipinski definition) is 3. The maximum atomic E-state index is 12.1. The average molecular weight is 291 g/mol. The van der Waals surface area contributed by atoms with Crippen molar-refractivity contribution < 1.29 is 14.7 Å². The summed E-state index contributed by atoms with van der Waals surface area (Å²) < 4.78 is 0. The molecule has 1 aromatic heterocycles. The Morgan fingerprint density at radius 2 is 2.14 bits per heavy atom. The number of aromatic carboxylic acids is 1. The number of carbonyl (C=O) groups is 2. The first kappa shape index (κ1) is 15.3. The summed E-state index contributed by atoms with van der Waals surface area (Å²) in [5.41, 5.74) is 0.727. The van der Waals surface area contributed by atoms with Gasteiger partial charge >= 0.3 is 12.0 Å². The molecule has 0 bridgehead atoms. The smallest absolute Gasteiger partial charge is 0.335 e. The second-order valence-corrected chi connectivity index (χ2v) is 5.34. The van der Waals surface area contributed by atoms with Crippen LogP contribution in [0.1, 0.15) is 42.2 Å². The molecule has 0 unspecified atom stereocenters. The van der Waals surface area contributed by atoms with Crippen molar-refractivity contribution in [3.05, 3.63) is 29.6 Å². The lowest BCUT2D eigenvalue weighted by atomic mass is 9.95. The molecule has 114 valence electrons. The van der Waals surface area contributed by atoms with Crippen molar-refractivity contribution >= 4 is 12.0 Å². The number of rotatable bonds is 4. The van der Waals surface area contributed by atoms with E-state index in [0.29, 0.717) is 5.69 Å². The number of urea groups is 1. The zero-order valence-corrected chi connectivity index (χ0v) is 12.2. The normalized spacial score (nSPS) is 15.8. The van der Waals surface area contributed by atoms with Gasteiger partial charge in [-0.1, -0.05) is 13.3 Å². The third kappa shape index (κ3) is 4.18. The quantitative estimate of drug-likeness (QED) is 0.890. The van der Waals surface area contributed by atoms with E-state index in [1.165, 1.54) is 24.8 Å². The highest BCUT2D eigenvalue weighted by Gasteiger charge is 2.21. The van der Waals surface area contributed by atoms with Gasteiger partial charge in [-0.3, -0.25) is 4.98 Å². The summed E-state index contributed by atoms with van der Waals surface area (Å²) in [4.78, 5) is 28.8. The minimum absolute atomic E-state index is 0.105. The molecule has 1 aromatic rings. The topological polar surface area (TPSA) is 82.5 Å². The van der Waals surface area contributed by atoms with Crippen LogP contribution in [-0.2, 0) is 6.54 Å². The molecule has 1 aliphatic rings. The van der Waals surface area contributed by atoms with Gasteiger partial charge in [-0.05, 0) is 30.9 Å². The van der Waals surface area contributed by atoms with Crippen molar-refractivity contribution in [2.45, 2.75) is 32.7 Å².